The van der Waals surface area contributed by atoms with Crippen molar-refractivity contribution in [1.29, 1.82) is 0 Å². The number of rotatable bonds is 5. The zero-order valence-electron chi connectivity index (χ0n) is 45.1. The predicted molar refractivity (Wildman–Crippen MR) is 323 cm³/mol. The van der Waals surface area contributed by atoms with Crippen molar-refractivity contribution >= 4 is 74.3 Å². The second kappa shape index (κ2) is 16.6. The monoisotopic (exact) mass is 980 g/mol. The van der Waals surface area contributed by atoms with Gasteiger partial charge in [0, 0.05) is 51.2 Å². The van der Waals surface area contributed by atoms with E-state index in [1.807, 2.05) is 0 Å². The molecule has 4 aliphatic rings. The lowest BCUT2D eigenvalue weighted by Crippen LogP contribution is -2.61. The van der Waals surface area contributed by atoms with E-state index in [0.29, 0.717) is 0 Å². The zero-order chi connectivity index (χ0) is 52.0. The van der Waals surface area contributed by atoms with Crippen LogP contribution in [-0.4, -0.2) is 6.71 Å². The highest BCUT2D eigenvalue weighted by Gasteiger charge is 2.54. The normalized spacial score (nSPS) is 15.4. The first-order valence-electron chi connectivity index (χ1n) is 27.2. The van der Waals surface area contributed by atoms with Crippen LogP contribution >= 0.6 is 0 Å². The first-order valence-corrected chi connectivity index (χ1v) is 27.2. The van der Waals surface area contributed by atoms with Crippen LogP contribution in [0.4, 0.5) is 51.2 Å². The maximum Gasteiger partial charge on any atom is 0.252 e. The molecule has 1 unspecified atom stereocenters. The van der Waals surface area contributed by atoms with Gasteiger partial charge in [-0.2, -0.15) is 0 Å². The molecule has 0 amide bonds. The molecule has 10 aromatic rings. The molecule has 0 bridgehead atoms. The molecule has 2 aliphatic carbocycles. The summed E-state index contributed by atoms with van der Waals surface area (Å²) >= 11 is 0. The number of benzene rings is 10. The molecule has 1 atom stereocenters. The first kappa shape index (κ1) is 46.2. The Morgan fingerprint density at radius 2 is 0.908 bits per heavy atom. The third-order valence-electron chi connectivity index (χ3n) is 17.1. The number of aryl methyl sites for hydroxylation is 3. The highest BCUT2D eigenvalue weighted by atomic mass is 15.2. The van der Waals surface area contributed by atoms with Crippen LogP contribution in [0.25, 0.3) is 22.3 Å². The van der Waals surface area contributed by atoms with Crippen LogP contribution in [0.3, 0.4) is 0 Å². The number of hydrogen-bond acceptors (Lipinski definition) is 3. The van der Waals surface area contributed by atoms with Crippen LogP contribution in [-0.2, 0) is 16.2 Å². The SMILES string of the molecule is Cc1ccc(N2c3cc4c(cc3B3c5cc(C(C)(C)C)ccc5N(c5ccc(C(C)(C)C)cc5)c5cc(C)cc2c53)-c2ccccc2C42c3ccccc3-c3ccc(N(c4ccccc4)c4ccccc4)cc32)c(C)c1. The van der Waals surface area contributed by atoms with Gasteiger partial charge in [0.1, 0.15) is 0 Å². The van der Waals surface area contributed by atoms with E-state index >= 15 is 0 Å². The molecule has 0 fully saturated rings. The fourth-order valence-electron chi connectivity index (χ4n) is 13.7. The van der Waals surface area contributed by atoms with E-state index in [1.165, 1.54) is 123 Å². The standard InChI is InChI=1S/C72H62BN3/c1-45-28-36-64(47(3)38-45)76-66-44-61-57(43-63(66)73-62-41-49(71(7,8)9)31-37-65(62)75(67-39-46(2)40-68(76)69(67)73)52-32-29-48(30-33-52)70(4,5)6)55-25-17-19-27-59(55)72(61)58-26-18-16-24-54(58)56-35-34-53(42-60(56)72)74(50-20-12-10-13-21-50)51-22-14-11-15-23-51/h10-44H,1-9H3. The average molecular weight is 980 g/mol. The smallest absolute Gasteiger partial charge is 0.252 e. The second-order valence-corrected chi connectivity index (χ2v) is 24.0. The van der Waals surface area contributed by atoms with Crippen LogP contribution in [0, 0.1) is 20.8 Å². The number of hydrogen-bond donors (Lipinski definition) is 0. The quantitative estimate of drug-likeness (QED) is 0.159. The summed E-state index contributed by atoms with van der Waals surface area (Å²) < 4.78 is 0. The minimum absolute atomic E-state index is 0.0384. The summed E-state index contributed by atoms with van der Waals surface area (Å²) in [6, 6.07) is 81.4. The second-order valence-electron chi connectivity index (χ2n) is 24.0. The molecular weight excluding hydrogens is 918 g/mol. The van der Waals surface area contributed by atoms with Crippen molar-refractivity contribution < 1.29 is 0 Å². The summed E-state index contributed by atoms with van der Waals surface area (Å²) in [5, 5.41) is 0. The fraction of sp³-hybridized carbons (Fsp3) is 0.167. The van der Waals surface area contributed by atoms with Gasteiger partial charge in [0.05, 0.1) is 5.41 Å². The number of para-hydroxylation sites is 2. The lowest BCUT2D eigenvalue weighted by molar-refractivity contribution is 0.590. The largest absolute Gasteiger partial charge is 0.311 e. The third kappa shape index (κ3) is 6.69. The van der Waals surface area contributed by atoms with Crippen LogP contribution < -0.4 is 31.1 Å². The maximum absolute atomic E-state index is 2.65. The van der Waals surface area contributed by atoms with Crippen LogP contribution in [0.2, 0.25) is 0 Å². The van der Waals surface area contributed by atoms with Gasteiger partial charge in [-0.3, -0.25) is 0 Å². The lowest BCUT2D eigenvalue weighted by atomic mass is 9.33. The summed E-state index contributed by atoms with van der Waals surface area (Å²) in [5.41, 5.74) is 31.0. The average Bonchev–Trinajstić information content (AvgIpc) is 3.87. The summed E-state index contributed by atoms with van der Waals surface area (Å²) in [6.45, 7) is 20.7. The van der Waals surface area contributed by atoms with Gasteiger partial charge < -0.3 is 14.7 Å². The van der Waals surface area contributed by atoms with Gasteiger partial charge in [-0.15, -0.1) is 0 Å². The van der Waals surface area contributed by atoms with E-state index in [0.717, 1.165) is 17.1 Å². The Morgan fingerprint density at radius 1 is 0.368 bits per heavy atom. The van der Waals surface area contributed by atoms with E-state index in [1.54, 1.807) is 0 Å². The van der Waals surface area contributed by atoms with Crippen molar-refractivity contribution in [3.05, 3.63) is 262 Å². The Kier molecular flexibility index (Phi) is 10.1. The van der Waals surface area contributed by atoms with Gasteiger partial charge in [-0.25, -0.2) is 0 Å². The van der Waals surface area contributed by atoms with Gasteiger partial charge in [-0.05, 0) is 194 Å². The molecule has 0 saturated heterocycles. The van der Waals surface area contributed by atoms with Gasteiger partial charge >= 0.3 is 0 Å². The number of anilines is 9. The van der Waals surface area contributed by atoms with E-state index in [-0.39, 0.29) is 17.5 Å². The summed E-state index contributed by atoms with van der Waals surface area (Å²) in [4.78, 5) is 7.63. The number of fused-ring (bicyclic) bond motifs is 14. The van der Waals surface area contributed by atoms with Crippen molar-refractivity contribution in [3.8, 4) is 22.3 Å². The van der Waals surface area contributed by atoms with Crippen molar-refractivity contribution in [2.45, 2.75) is 78.6 Å². The predicted octanol–water partition coefficient (Wildman–Crippen LogP) is 17.1. The van der Waals surface area contributed by atoms with Gasteiger partial charge in [0.25, 0.3) is 6.71 Å². The van der Waals surface area contributed by atoms with Crippen LogP contribution in [0.5, 0.6) is 0 Å². The molecule has 3 nitrogen and oxygen atoms in total. The Morgan fingerprint density at radius 3 is 1.54 bits per heavy atom. The Labute approximate surface area is 449 Å². The van der Waals surface area contributed by atoms with Gasteiger partial charge in [0.15, 0.2) is 0 Å². The molecule has 368 valence electrons. The van der Waals surface area contributed by atoms with Gasteiger partial charge in [0.2, 0.25) is 0 Å². The minimum Gasteiger partial charge on any atom is -0.311 e. The van der Waals surface area contributed by atoms with Crippen molar-refractivity contribution in [2.75, 3.05) is 14.7 Å². The highest BCUT2D eigenvalue weighted by molar-refractivity contribution is 7.00. The summed E-state index contributed by atoms with van der Waals surface area (Å²) in [7, 11) is 0. The first-order chi connectivity index (χ1) is 36.7. The molecule has 0 radical (unpaired) electrons. The molecule has 14 rings (SSSR count). The topological polar surface area (TPSA) is 9.72 Å². The highest BCUT2D eigenvalue weighted by Crippen LogP contribution is 2.64. The molecule has 2 aliphatic heterocycles. The maximum atomic E-state index is 2.65. The Bertz CT molecular complexity index is 3970. The van der Waals surface area contributed by atoms with Crippen LogP contribution in [0.1, 0.15) is 91.6 Å². The summed E-state index contributed by atoms with van der Waals surface area (Å²) in [6.07, 6.45) is 0. The molecule has 0 N–H and O–H groups in total. The summed E-state index contributed by atoms with van der Waals surface area (Å²) in [5.74, 6) is 0. The van der Waals surface area contributed by atoms with Crippen molar-refractivity contribution in [3.63, 3.8) is 0 Å². The minimum atomic E-state index is -0.603. The van der Waals surface area contributed by atoms with Crippen molar-refractivity contribution in [2.24, 2.45) is 0 Å². The van der Waals surface area contributed by atoms with E-state index < -0.39 is 5.41 Å². The fourth-order valence-corrected chi connectivity index (χ4v) is 13.7. The van der Waals surface area contributed by atoms with Crippen LogP contribution in [0.15, 0.2) is 212 Å². The van der Waals surface area contributed by atoms with E-state index in [9.17, 15) is 0 Å². The Hall–Kier alpha value is -8.34. The zero-order valence-corrected chi connectivity index (χ0v) is 45.1. The van der Waals surface area contributed by atoms with E-state index in [4.69, 9.17) is 0 Å². The third-order valence-corrected chi connectivity index (χ3v) is 17.1. The molecular formula is C72H62BN3. The molecule has 10 aromatic carbocycles. The molecule has 2 heterocycles. The van der Waals surface area contributed by atoms with Crippen molar-refractivity contribution in [1.82, 2.24) is 0 Å². The number of nitrogens with zero attached hydrogens (tertiary/aromatic N) is 3. The molecule has 0 saturated carbocycles. The van der Waals surface area contributed by atoms with Gasteiger partial charge in [-0.1, -0.05) is 181 Å². The molecule has 1 spiro atoms. The Balaban J connectivity index is 1.08. The molecule has 0 aromatic heterocycles. The molecule has 76 heavy (non-hydrogen) atoms. The van der Waals surface area contributed by atoms with E-state index in [2.05, 4.69) is 289 Å². The molecule has 4 heteroatoms. The lowest BCUT2D eigenvalue weighted by Gasteiger charge is -2.45.